The monoisotopic (exact) mass is 354 g/mol. The Morgan fingerprint density at radius 2 is 2.00 bits per heavy atom. The van der Waals surface area contributed by atoms with Gasteiger partial charge in [0.1, 0.15) is 5.76 Å². The van der Waals surface area contributed by atoms with Crippen molar-refractivity contribution in [2.45, 2.75) is 26.2 Å². The number of aromatic nitrogens is 1. The fourth-order valence-electron chi connectivity index (χ4n) is 3.91. The predicted molar refractivity (Wildman–Crippen MR) is 107 cm³/mol. The quantitative estimate of drug-likeness (QED) is 0.594. The van der Waals surface area contributed by atoms with Crippen LogP contribution in [0.5, 0.6) is 0 Å². The molecule has 0 bridgehead atoms. The van der Waals surface area contributed by atoms with Crippen LogP contribution in [-0.2, 0) is 6.42 Å². The van der Waals surface area contributed by atoms with Gasteiger partial charge in [0.2, 0.25) is 0 Å². The highest BCUT2D eigenvalue weighted by Gasteiger charge is 2.31. The molecule has 0 aliphatic heterocycles. The first-order chi connectivity index (χ1) is 13.2. The Bertz CT molecular complexity index is 1010. The second-order valence-corrected chi connectivity index (χ2v) is 7.35. The van der Waals surface area contributed by atoms with E-state index in [2.05, 4.69) is 43.1 Å². The van der Waals surface area contributed by atoms with Gasteiger partial charge in [-0.3, -0.25) is 4.98 Å². The molecule has 1 aliphatic carbocycles. The molecule has 0 amide bonds. The van der Waals surface area contributed by atoms with E-state index in [9.17, 15) is 5.26 Å². The fourth-order valence-corrected chi connectivity index (χ4v) is 3.91. The van der Waals surface area contributed by atoms with E-state index in [1.165, 1.54) is 5.56 Å². The van der Waals surface area contributed by atoms with Crippen LogP contribution in [0, 0.1) is 23.2 Å². The highest BCUT2D eigenvalue weighted by Crippen LogP contribution is 2.41. The molecular formula is C24H22N2O. The number of nitriles is 1. The van der Waals surface area contributed by atoms with Crippen molar-refractivity contribution < 1.29 is 4.42 Å². The number of fused-ring (bicyclic) bond motifs is 1. The molecule has 1 aliphatic rings. The summed E-state index contributed by atoms with van der Waals surface area (Å²) in [5.74, 6) is 2.62. The first-order valence-electron chi connectivity index (χ1n) is 9.37. The van der Waals surface area contributed by atoms with E-state index in [0.29, 0.717) is 23.3 Å². The lowest BCUT2D eigenvalue weighted by Gasteiger charge is -2.31. The number of allylic oxidation sites excluding steroid dienone is 1. The number of nitrogens with zero attached hydrogens (tertiary/aromatic N) is 2. The van der Waals surface area contributed by atoms with Gasteiger partial charge in [-0.05, 0) is 36.1 Å². The molecule has 4 rings (SSSR count). The Balaban J connectivity index is 1.58. The normalized spacial score (nSPS) is 21.7. The van der Waals surface area contributed by atoms with E-state index in [0.717, 1.165) is 29.0 Å². The lowest BCUT2D eigenvalue weighted by molar-refractivity contribution is 0.302. The van der Waals surface area contributed by atoms with Crippen LogP contribution in [0.3, 0.4) is 0 Å². The predicted octanol–water partition coefficient (Wildman–Crippen LogP) is 5.84. The number of furan rings is 1. The summed E-state index contributed by atoms with van der Waals surface area (Å²) in [5.41, 5.74) is 4.77. The highest BCUT2D eigenvalue weighted by atomic mass is 16.3. The van der Waals surface area contributed by atoms with Crippen LogP contribution in [0.25, 0.3) is 17.2 Å². The molecule has 0 N–H and O–H groups in total. The number of hydrogen-bond acceptors (Lipinski definition) is 3. The molecule has 0 saturated carbocycles. The van der Waals surface area contributed by atoms with Crippen molar-refractivity contribution in [1.29, 1.82) is 5.26 Å². The molecule has 0 unspecified atom stereocenters. The second kappa shape index (κ2) is 7.25. The molecule has 3 heteroatoms. The molecule has 0 saturated heterocycles. The Hall–Kier alpha value is -3.12. The molecule has 2 aromatic heterocycles. The molecule has 2 heterocycles. The number of rotatable bonds is 3. The molecule has 0 radical (unpaired) electrons. The van der Waals surface area contributed by atoms with Gasteiger partial charge in [0.15, 0.2) is 0 Å². The summed E-state index contributed by atoms with van der Waals surface area (Å²) in [6.45, 7) is 4.60. The third kappa shape index (κ3) is 3.31. The second-order valence-electron chi connectivity index (χ2n) is 7.35. The van der Waals surface area contributed by atoms with Crippen molar-refractivity contribution >= 4 is 6.08 Å². The maximum Gasteiger partial charge on any atom is 0.107 e. The van der Waals surface area contributed by atoms with Gasteiger partial charge in [-0.2, -0.15) is 5.26 Å². The van der Waals surface area contributed by atoms with Crippen LogP contribution < -0.4 is 0 Å². The van der Waals surface area contributed by atoms with E-state index < -0.39 is 0 Å². The Kier molecular flexibility index (Phi) is 4.64. The third-order valence-corrected chi connectivity index (χ3v) is 5.73. The van der Waals surface area contributed by atoms with Gasteiger partial charge in [-0.25, -0.2) is 0 Å². The Morgan fingerprint density at radius 1 is 1.15 bits per heavy atom. The molecule has 0 fully saturated rings. The van der Waals surface area contributed by atoms with Crippen LogP contribution in [-0.4, -0.2) is 4.98 Å². The number of pyridine rings is 1. The lowest BCUT2D eigenvalue weighted by Crippen LogP contribution is -2.23. The van der Waals surface area contributed by atoms with E-state index in [-0.39, 0.29) is 0 Å². The largest absolute Gasteiger partial charge is 0.469 e. The van der Waals surface area contributed by atoms with Gasteiger partial charge in [0, 0.05) is 35.2 Å². The van der Waals surface area contributed by atoms with Crippen LogP contribution in [0.15, 0.2) is 65.4 Å². The summed E-state index contributed by atoms with van der Waals surface area (Å²) in [6.07, 6.45) is 9.00. The lowest BCUT2D eigenvalue weighted by atomic mass is 9.73. The maximum atomic E-state index is 9.28. The van der Waals surface area contributed by atoms with Crippen molar-refractivity contribution in [3.8, 4) is 17.2 Å². The summed E-state index contributed by atoms with van der Waals surface area (Å²) >= 11 is 0. The van der Waals surface area contributed by atoms with Crippen LogP contribution in [0.1, 0.15) is 42.3 Å². The summed E-state index contributed by atoms with van der Waals surface area (Å²) in [5, 5.41) is 9.28. The zero-order valence-corrected chi connectivity index (χ0v) is 15.6. The van der Waals surface area contributed by atoms with E-state index >= 15 is 0 Å². The minimum Gasteiger partial charge on any atom is -0.469 e. The van der Waals surface area contributed by atoms with Crippen LogP contribution in [0.2, 0.25) is 0 Å². The fraction of sp³-hybridized carbons (Fsp3) is 0.250. The summed E-state index contributed by atoms with van der Waals surface area (Å²) in [7, 11) is 0. The van der Waals surface area contributed by atoms with Crippen molar-refractivity contribution in [1.82, 2.24) is 4.98 Å². The van der Waals surface area contributed by atoms with Gasteiger partial charge in [-0.1, -0.05) is 44.2 Å². The van der Waals surface area contributed by atoms with Gasteiger partial charge in [0.25, 0.3) is 0 Å². The highest BCUT2D eigenvalue weighted by molar-refractivity contribution is 5.70. The minimum absolute atomic E-state index is 0.350. The van der Waals surface area contributed by atoms with Crippen molar-refractivity contribution in [3.63, 3.8) is 0 Å². The van der Waals surface area contributed by atoms with Crippen LogP contribution in [0.4, 0.5) is 0 Å². The summed E-state index contributed by atoms with van der Waals surface area (Å²) < 4.78 is 5.67. The first kappa shape index (κ1) is 17.3. The average Bonchev–Trinajstić information content (AvgIpc) is 3.16. The molecule has 134 valence electrons. The third-order valence-electron chi connectivity index (χ3n) is 5.73. The Labute approximate surface area is 160 Å². The van der Waals surface area contributed by atoms with Crippen molar-refractivity contribution in [2.75, 3.05) is 0 Å². The maximum absolute atomic E-state index is 9.28. The standard InChI is InChI=1S/C24H22N2O/c1-16-13-24-23(11-12-27-24)21(17(16)2)10-9-20-8-7-19(15-26-20)22-6-4-3-5-18(22)14-25/h3-12,15-17,21H,13H2,1-2H3/b10-9+/t16-,17+,21-/m0/s1. The molecule has 3 nitrogen and oxygen atoms in total. The Morgan fingerprint density at radius 3 is 2.78 bits per heavy atom. The molecule has 1 aromatic carbocycles. The first-order valence-corrected chi connectivity index (χ1v) is 9.37. The summed E-state index contributed by atoms with van der Waals surface area (Å²) in [6, 6.07) is 16.0. The number of benzene rings is 1. The topological polar surface area (TPSA) is 49.8 Å². The summed E-state index contributed by atoms with van der Waals surface area (Å²) in [4.78, 5) is 4.58. The SMILES string of the molecule is C[C@H]1[C@H](/C=C/c2ccc(-c3ccccc3C#N)cn2)c2ccoc2C[C@@H]1C. The van der Waals surface area contributed by atoms with Gasteiger partial charge >= 0.3 is 0 Å². The van der Waals surface area contributed by atoms with Crippen molar-refractivity contribution in [3.05, 3.63) is 83.6 Å². The molecule has 3 aromatic rings. The van der Waals surface area contributed by atoms with Crippen molar-refractivity contribution in [2.24, 2.45) is 11.8 Å². The van der Waals surface area contributed by atoms with E-state index in [4.69, 9.17) is 4.42 Å². The molecular weight excluding hydrogens is 332 g/mol. The van der Waals surface area contributed by atoms with Gasteiger partial charge in [-0.15, -0.1) is 0 Å². The van der Waals surface area contributed by atoms with Gasteiger partial charge in [0.05, 0.1) is 23.6 Å². The zero-order valence-electron chi connectivity index (χ0n) is 15.6. The molecule has 0 spiro atoms. The average molecular weight is 354 g/mol. The van der Waals surface area contributed by atoms with E-state index in [1.807, 2.05) is 42.6 Å². The smallest absolute Gasteiger partial charge is 0.107 e. The molecule has 27 heavy (non-hydrogen) atoms. The van der Waals surface area contributed by atoms with Crippen LogP contribution >= 0.6 is 0 Å². The zero-order chi connectivity index (χ0) is 18.8. The minimum atomic E-state index is 0.350. The molecule has 3 atom stereocenters. The van der Waals surface area contributed by atoms with E-state index in [1.54, 1.807) is 6.26 Å². The van der Waals surface area contributed by atoms with Gasteiger partial charge < -0.3 is 4.42 Å². The number of hydrogen-bond donors (Lipinski definition) is 0.